The number of pyridine rings is 1. The monoisotopic (exact) mass is 369 g/mol. The van der Waals surface area contributed by atoms with Gasteiger partial charge in [0.15, 0.2) is 5.96 Å². The van der Waals surface area contributed by atoms with Crippen molar-refractivity contribution in [3.8, 4) is 0 Å². The fourth-order valence-electron chi connectivity index (χ4n) is 2.11. The molecule has 0 aromatic carbocycles. The molecule has 0 radical (unpaired) electrons. The minimum absolute atomic E-state index is 0.160. The zero-order valence-corrected chi connectivity index (χ0v) is 16.7. The van der Waals surface area contributed by atoms with E-state index in [-0.39, 0.29) is 17.5 Å². The Morgan fingerprint density at radius 2 is 2.04 bits per heavy atom. The Hall–Kier alpha value is -1.67. The van der Waals surface area contributed by atoms with Crippen LogP contribution in [0.4, 0.5) is 0 Å². The lowest BCUT2D eigenvalue weighted by Gasteiger charge is -2.23. The van der Waals surface area contributed by atoms with Crippen LogP contribution in [0, 0.1) is 5.41 Å². The summed E-state index contributed by atoms with van der Waals surface area (Å²) in [6.07, 6.45) is 5.02. The van der Waals surface area contributed by atoms with E-state index < -0.39 is 10.0 Å². The van der Waals surface area contributed by atoms with Gasteiger partial charge in [0.2, 0.25) is 10.0 Å². The van der Waals surface area contributed by atoms with E-state index >= 15 is 0 Å². The third-order valence-corrected chi connectivity index (χ3v) is 5.03. The maximum Gasteiger partial charge on any atom is 0.242 e. The molecule has 1 aromatic rings. The first-order valence-corrected chi connectivity index (χ1v) is 9.99. The van der Waals surface area contributed by atoms with Gasteiger partial charge in [-0.25, -0.2) is 13.1 Å². The summed E-state index contributed by atoms with van der Waals surface area (Å²) in [6.45, 7) is 9.48. The summed E-state index contributed by atoms with van der Waals surface area (Å²) < 4.78 is 26.7. The van der Waals surface area contributed by atoms with Crippen molar-refractivity contribution in [2.24, 2.45) is 10.4 Å². The van der Waals surface area contributed by atoms with E-state index in [0.717, 1.165) is 12.8 Å². The van der Waals surface area contributed by atoms with E-state index in [1.165, 1.54) is 18.5 Å². The molecule has 1 aromatic heterocycles. The molecule has 8 heteroatoms. The second kappa shape index (κ2) is 9.72. The Morgan fingerprint density at radius 3 is 2.60 bits per heavy atom. The molecule has 0 aliphatic rings. The minimum Gasteiger partial charge on any atom is -0.355 e. The summed E-state index contributed by atoms with van der Waals surface area (Å²) in [5.74, 6) is 0.669. The number of rotatable bonds is 8. The highest BCUT2D eigenvalue weighted by Gasteiger charge is 2.14. The predicted octanol–water partition coefficient (Wildman–Crippen LogP) is 1.74. The molecule has 0 fully saturated rings. The normalized spacial score (nSPS) is 14.2. The molecule has 7 nitrogen and oxygen atoms in total. The average molecular weight is 370 g/mol. The number of hydrogen-bond acceptors (Lipinski definition) is 4. The zero-order chi connectivity index (χ0) is 18.9. The number of nitrogens with one attached hydrogen (secondary N) is 3. The van der Waals surface area contributed by atoms with E-state index in [9.17, 15) is 8.42 Å². The number of aromatic nitrogens is 1. The van der Waals surface area contributed by atoms with Crippen molar-refractivity contribution in [2.45, 2.75) is 51.5 Å². The minimum atomic E-state index is -3.53. The zero-order valence-electron chi connectivity index (χ0n) is 15.8. The second-order valence-corrected chi connectivity index (χ2v) is 9.00. The Bertz CT molecular complexity index is 639. The SMILES string of the molecule is CN=C(NCCNS(=O)(=O)c1cccnc1)NC(C)CCC(C)(C)C. The first-order chi connectivity index (χ1) is 11.6. The number of nitrogens with zero attached hydrogens (tertiary/aromatic N) is 2. The molecule has 0 spiro atoms. The van der Waals surface area contributed by atoms with Crippen molar-refractivity contribution < 1.29 is 8.42 Å². The molecule has 0 aliphatic carbocycles. The number of sulfonamides is 1. The van der Waals surface area contributed by atoms with Crippen molar-refractivity contribution in [2.75, 3.05) is 20.1 Å². The summed E-state index contributed by atoms with van der Waals surface area (Å²) in [7, 11) is -1.83. The van der Waals surface area contributed by atoms with Gasteiger partial charge in [-0.1, -0.05) is 20.8 Å². The lowest BCUT2D eigenvalue weighted by atomic mass is 9.89. The maximum absolute atomic E-state index is 12.1. The lowest BCUT2D eigenvalue weighted by molar-refractivity contribution is 0.346. The topological polar surface area (TPSA) is 95.5 Å². The molecule has 1 unspecified atom stereocenters. The quantitative estimate of drug-likeness (QED) is 0.368. The Morgan fingerprint density at radius 1 is 1.32 bits per heavy atom. The van der Waals surface area contributed by atoms with Crippen LogP contribution in [0.3, 0.4) is 0 Å². The molecular formula is C17H31N5O2S. The highest BCUT2D eigenvalue weighted by atomic mass is 32.2. The summed E-state index contributed by atoms with van der Waals surface area (Å²) in [6, 6.07) is 3.40. The molecule has 0 bridgehead atoms. The van der Waals surface area contributed by atoms with Crippen LogP contribution in [-0.2, 0) is 10.0 Å². The van der Waals surface area contributed by atoms with Gasteiger partial charge in [-0.2, -0.15) is 0 Å². The largest absolute Gasteiger partial charge is 0.355 e. The van der Waals surface area contributed by atoms with Crippen LogP contribution in [0.1, 0.15) is 40.5 Å². The van der Waals surface area contributed by atoms with Gasteiger partial charge in [0.25, 0.3) is 0 Å². The molecule has 0 amide bonds. The van der Waals surface area contributed by atoms with Gasteiger partial charge in [-0.3, -0.25) is 9.98 Å². The van der Waals surface area contributed by atoms with Gasteiger partial charge in [0.05, 0.1) is 0 Å². The van der Waals surface area contributed by atoms with Gasteiger partial charge in [0.1, 0.15) is 4.90 Å². The summed E-state index contributed by atoms with van der Waals surface area (Å²) in [5.41, 5.74) is 0.303. The van der Waals surface area contributed by atoms with Crippen molar-refractivity contribution >= 4 is 16.0 Å². The second-order valence-electron chi connectivity index (χ2n) is 7.23. The van der Waals surface area contributed by atoms with Gasteiger partial charge < -0.3 is 10.6 Å². The Balaban J connectivity index is 2.36. The van der Waals surface area contributed by atoms with Crippen molar-refractivity contribution in [1.29, 1.82) is 0 Å². The van der Waals surface area contributed by atoms with Gasteiger partial charge in [-0.15, -0.1) is 0 Å². The molecule has 0 saturated carbocycles. The number of guanidine groups is 1. The van der Waals surface area contributed by atoms with Crippen LogP contribution in [0.2, 0.25) is 0 Å². The van der Waals surface area contributed by atoms with Crippen LogP contribution in [0.25, 0.3) is 0 Å². The number of hydrogen-bond donors (Lipinski definition) is 3. The smallest absolute Gasteiger partial charge is 0.242 e. The molecule has 1 heterocycles. The van der Waals surface area contributed by atoms with Crippen LogP contribution in [0.5, 0.6) is 0 Å². The van der Waals surface area contributed by atoms with Crippen molar-refractivity contribution in [3.05, 3.63) is 24.5 Å². The molecule has 1 rings (SSSR count). The Kier molecular flexibility index (Phi) is 8.31. The molecular weight excluding hydrogens is 338 g/mol. The van der Waals surface area contributed by atoms with Crippen molar-refractivity contribution in [3.63, 3.8) is 0 Å². The fraction of sp³-hybridized carbons (Fsp3) is 0.647. The molecule has 25 heavy (non-hydrogen) atoms. The van der Waals surface area contributed by atoms with Crippen LogP contribution >= 0.6 is 0 Å². The van der Waals surface area contributed by atoms with E-state index in [1.54, 1.807) is 13.1 Å². The van der Waals surface area contributed by atoms with E-state index in [2.05, 4.69) is 53.0 Å². The third kappa shape index (κ3) is 8.83. The van der Waals surface area contributed by atoms with Gasteiger partial charge >= 0.3 is 0 Å². The van der Waals surface area contributed by atoms with Crippen LogP contribution in [0.15, 0.2) is 34.4 Å². The molecule has 0 aliphatic heterocycles. The highest BCUT2D eigenvalue weighted by Crippen LogP contribution is 2.21. The predicted molar refractivity (Wildman–Crippen MR) is 102 cm³/mol. The van der Waals surface area contributed by atoms with Gasteiger partial charge in [0, 0.05) is 38.6 Å². The molecule has 0 saturated heterocycles. The van der Waals surface area contributed by atoms with E-state index in [4.69, 9.17) is 0 Å². The molecule has 1 atom stereocenters. The third-order valence-electron chi connectivity index (χ3n) is 3.59. The highest BCUT2D eigenvalue weighted by molar-refractivity contribution is 7.89. The van der Waals surface area contributed by atoms with Crippen LogP contribution in [-0.4, -0.2) is 45.5 Å². The summed E-state index contributed by atoms with van der Waals surface area (Å²) in [4.78, 5) is 8.16. The van der Waals surface area contributed by atoms with E-state index in [1.807, 2.05) is 0 Å². The van der Waals surface area contributed by atoms with Gasteiger partial charge in [-0.05, 0) is 37.3 Å². The maximum atomic E-state index is 12.1. The Labute approximate surface area is 151 Å². The summed E-state index contributed by atoms with van der Waals surface area (Å²) in [5, 5.41) is 6.44. The summed E-state index contributed by atoms with van der Waals surface area (Å²) >= 11 is 0. The first kappa shape index (κ1) is 21.4. The average Bonchev–Trinajstić information content (AvgIpc) is 2.56. The van der Waals surface area contributed by atoms with Crippen molar-refractivity contribution in [1.82, 2.24) is 20.3 Å². The standard InChI is InChI=1S/C17H31N5O2S/c1-14(8-9-17(2,3)4)22-16(18-5)20-11-12-21-25(23,24)15-7-6-10-19-13-15/h6-7,10,13-14,21H,8-9,11-12H2,1-5H3,(H2,18,20,22). The molecule has 142 valence electrons. The molecule has 3 N–H and O–H groups in total. The first-order valence-electron chi connectivity index (χ1n) is 8.51. The number of aliphatic imine (C=N–C) groups is 1. The van der Waals surface area contributed by atoms with Crippen LogP contribution < -0.4 is 15.4 Å². The lowest BCUT2D eigenvalue weighted by Crippen LogP contribution is -2.45. The van der Waals surface area contributed by atoms with E-state index in [0.29, 0.717) is 17.9 Å². The fourth-order valence-corrected chi connectivity index (χ4v) is 3.10.